The largest absolute Gasteiger partial charge is 0.398 e. The first-order valence-electron chi connectivity index (χ1n) is 8.20. The van der Waals surface area contributed by atoms with Crippen LogP contribution in [0.2, 0.25) is 0 Å². The number of hydrogen-bond acceptors (Lipinski definition) is 2. The van der Waals surface area contributed by atoms with Crippen molar-refractivity contribution in [3.8, 4) is 11.1 Å². The van der Waals surface area contributed by atoms with Gasteiger partial charge in [-0.15, -0.1) is 0 Å². The lowest BCUT2D eigenvalue weighted by atomic mass is 9.91. The van der Waals surface area contributed by atoms with Crippen LogP contribution in [0.5, 0.6) is 0 Å². The molecule has 120 valence electrons. The number of halogens is 1. The highest BCUT2D eigenvalue weighted by Gasteiger charge is 2.18. The summed E-state index contributed by atoms with van der Waals surface area (Å²) >= 11 is 0. The molecule has 0 fully saturated rings. The first-order chi connectivity index (χ1) is 11.7. The SMILES string of the molecule is Nc1cccc(-c2cccc3c2NCC3)c1Cc1ccc(F)cc1. The topological polar surface area (TPSA) is 38.0 Å². The van der Waals surface area contributed by atoms with Gasteiger partial charge in [-0.3, -0.25) is 0 Å². The molecule has 24 heavy (non-hydrogen) atoms. The van der Waals surface area contributed by atoms with Crippen LogP contribution in [0.4, 0.5) is 15.8 Å². The van der Waals surface area contributed by atoms with Gasteiger partial charge in [0.25, 0.3) is 0 Å². The number of hydrogen-bond donors (Lipinski definition) is 2. The summed E-state index contributed by atoms with van der Waals surface area (Å²) < 4.78 is 13.2. The van der Waals surface area contributed by atoms with Gasteiger partial charge in [-0.25, -0.2) is 4.39 Å². The molecule has 0 saturated heterocycles. The van der Waals surface area contributed by atoms with E-state index in [4.69, 9.17) is 5.73 Å². The molecule has 0 spiro atoms. The number of nitrogens with one attached hydrogen (secondary N) is 1. The Kier molecular flexibility index (Phi) is 3.69. The molecule has 3 aromatic rings. The van der Waals surface area contributed by atoms with Gasteiger partial charge in [-0.05, 0) is 46.9 Å². The van der Waals surface area contributed by atoms with Gasteiger partial charge in [0.15, 0.2) is 0 Å². The summed E-state index contributed by atoms with van der Waals surface area (Å²) in [5.74, 6) is -0.218. The molecule has 0 unspecified atom stereocenters. The molecule has 0 aromatic heterocycles. The van der Waals surface area contributed by atoms with Crippen LogP contribution in [0.15, 0.2) is 60.7 Å². The Morgan fingerprint density at radius 1 is 0.917 bits per heavy atom. The molecule has 0 saturated carbocycles. The lowest BCUT2D eigenvalue weighted by molar-refractivity contribution is 0.627. The average Bonchev–Trinajstić information content (AvgIpc) is 3.07. The molecule has 2 nitrogen and oxygen atoms in total. The van der Waals surface area contributed by atoms with E-state index in [1.54, 1.807) is 0 Å². The first kappa shape index (κ1) is 14.8. The third kappa shape index (κ3) is 2.62. The molecule has 1 aliphatic heterocycles. The van der Waals surface area contributed by atoms with Crippen molar-refractivity contribution in [2.75, 3.05) is 17.6 Å². The second kappa shape index (κ2) is 6.00. The van der Waals surface area contributed by atoms with Crippen molar-refractivity contribution in [1.29, 1.82) is 0 Å². The van der Waals surface area contributed by atoms with Crippen LogP contribution in [-0.2, 0) is 12.8 Å². The number of para-hydroxylation sites is 1. The Morgan fingerprint density at radius 3 is 2.50 bits per heavy atom. The van der Waals surface area contributed by atoms with E-state index in [-0.39, 0.29) is 5.82 Å². The molecular weight excluding hydrogens is 299 g/mol. The number of benzene rings is 3. The highest BCUT2D eigenvalue weighted by molar-refractivity contribution is 5.85. The molecule has 4 rings (SSSR count). The zero-order valence-electron chi connectivity index (χ0n) is 13.4. The Bertz CT molecular complexity index is 885. The van der Waals surface area contributed by atoms with E-state index in [0.717, 1.165) is 35.3 Å². The maximum atomic E-state index is 13.2. The molecule has 3 aromatic carbocycles. The minimum absolute atomic E-state index is 0.218. The monoisotopic (exact) mass is 318 g/mol. The molecule has 0 bridgehead atoms. The Morgan fingerprint density at radius 2 is 1.67 bits per heavy atom. The van der Waals surface area contributed by atoms with Gasteiger partial charge in [0, 0.05) is 29.9 Å². The van der Waals surface area contributed by atoms with Crippen LogP contribution in [0.25, 0.3) is 11.1 Å². The predicted octanol–water partition coefficient (Wildman–Crippen LogP) is 4.63. The van der Waals surface area contributed by atoms with Crippen molar-refractivity contribution in [1.82, 2.24) is 0 Å². The highest BCUT2D eigenvalue weighted by Crippen LogP contribution is 2.38. The van der Waals surface area contributed by atoms with Crippen LogP contribution < -0.4 is 11.1 Å². The van der Waals surface area contributed by atoms with E-state index < -0.39 is 0 Å². The van der Waals surface area contributed by atoms with Gasteiger partial charge >= 0.3 is 0 Å². The Labute approximate surface area is 141 Å². The van der Waals surface area contributed by atoms with Crippen LogP contribution in [-0.4, -0.2) is 6.54 Å². The highest BCUT2D eigenvalue weighted by atomic mass is 19.1. The molecule has 0 aliphatic carbocycles. The van der Waals surface area contributed by atoms with Crippen LogP contribution in [0.3, 0.4) is 0 Å². The van der Waals surface area contributed by atoms with Crippen molar-refractivity contribution in [2.45, 2.75) is 12.8 Å². The second-order valence-corrected chi connectivity index (χ2v) is 6.19. The van der Waals surface area contributed by atoms with Crippen molar-refractivity contribution in [2.24, 2.45) is 0 Å². The van der Waals surface area contributed by atoms with Gasteiger partial charge in [0.1, 0.15) is 5.82 Å². The van der Waals surface area contributed by atoms with Gasteiger partial charge < -0.3 is 11.1 Å². The zero-order valence-corrected chi connectivity index (χ0v) is 13.4. The summed E-state index contributed by atoms with van der Waals surface area (Å²) in [6.07, 6.45) is 1.74. The van der Waals surface area contributed by atoms with Crippen LogP contribution in [0.1, 0.15) is 16.7 Å². The molecule has 0 amide bonds. The number of nitrogen functional groups attached to an aromatic ring is 1. The fourth-order valence-corrected chi connectivity index (χ4v) is 3.42. The second-order valence-electron chi connectivity index (χ2n) is 6.19. The Hall–Kier alpha value is -2.81. The fourth-order valence-electron chi connectivity index (χ4n) is 3.42. The van der Waals surface area contributed by atoms with E-state index in [1.165, 1.54) is 28.9 Å². The lowest BCUT2D eigenvalue weighted by Gasteiger charge is -2.16. The van der Waals surface area contributed by atoms with E-state index in [2.05, 4.69) is 29.6 Å². The summed E-state index contributed by atoms with van der Waals surface area (Å²) in [5, 5.41) is 3.49. The van der Waals surface area contributed by atoms with Gasteiger partial charge in [-0.2, -0.15) is 0 Å². The summed E-state index contributed by atoms with van der Waals surface area (Å²) in [4.78, 5) is 0. The average molecular weight is 318 g/mol. The molecule has 1 aliphatic rings. The smallest absolute Gasteiger partial charge is 0.123 e. The minimum atomic E-state index is -0.218. The Balaban J connectivity index is 1.81. The van der Waals surface area contributed by atoms with E-state index in [0.29, 0.717) is 6.42 Å². The lowest BCUT2D eigenvalue weighted by Crippen LogP contribution is -2.01. The molecule has 3 N–H and O–H groups in total. The van der Waals surface area contributed by atoms with Gasteiger partial charge in [0.2, 0.25) is 0 Å². The van der Waals surface area contributed by atoms with E-state index in [9.17, 15) is 4.39 Å². The number of fused-ring (bicyclic) bond motifs is 1. The summed E-state index contributed by atoms with van der Waals surface area (Å²) in [7, 11) is 0. The van der Waals surface area contributed by atoms with Crippen molar-refractivity contribution in [3.05, 3.63) is 83.2 Å². The van der Waals surface area contributed by atoms with Gasteiger partial charge in [0.05, 0.1) is 0 Å². The molecule has 3 heteroatoms. The van der Waals surface area contributed by atoms with Crippen molar-refractivity contribution in [3.63, 3.8) is 0 Å². The predicted molar refractivity (Wildman–Crippen MR) is 97.7 cm³/mol. The molecular formula is C21H19FN2. The summed E-state index contributed by atoms with van der Waals surface area (Å²) in [5.41, 5.74) is 14.1. The molecule has 0 atom stereocenters. The molecule has 0 radical (unpaired) electrons. The third-order valence-electron chi connectivity index (χ3n) is 4.64. The summed E-state index contributed by atoms with van der Waals surface area (Å²) in [6.45, 7) is 0.974. The normalized spacial score (nSPS) is 12.7. The van der Waals surface area contributed by atoms with Crippen molar-refractivity contribution < 1.29 is 4.39 Å². The van der Waals surface area contributed by atoms with Gasteiger partial charge in [-0.1, -0.05) is 42.5 Å². The number of anilines is 2. The standard InChI is InChI=1S/C21H19FN2/c22-16-9-7-14(8-10-16)13-19-17(4-2-6-20(19)23)18-5-1-3-15-11-12-24-21(15)18/h1-10,24H,11-13,23H2. The minimum Gasteiger partial charge on any atom is -0.398 e. The fraction of sp³-hybridized carbons (Fsp3) is 0.143. The quantitative estimate of drug-likeness (QED) is 0.691. The maximum Gasteiger partial charge on any atom is 0.123 e. The zero-order chi connectivity index (χ0) is 16.5. The molecule has 1 heterocycles. The third-order valence-corrected chi connectivity index (χ3v) is 4.64. The van der Waals surface area contributed by atoms with E-state index in [1.807, 2.05) is 24.3 Å². The number of nitrogens with two attached hydrogens (primary N) is 1. The van der Waals surface area contributed by atoms with Crippen LogP contribution >= 0.6 is 0 Å². The van der Waals surface area contributed by atoms with Crippen molar-refractivity contribution >= 4 is 11.4 Å². The maximum absolute atomic E-state index is 13.2. The van der Waals surface area contributed by atoms with E-state index >= 15 is 0 Å². The number of rotatable bonds is 3. The van der Waals surface area contributed by atoms with Crippen LogP contribution in [0, 0.1) is 5.82 Å². The summed E-state index contributed by atoms with van der Waals surface area (Å²) in [6, 6.07) is 19.1. The first-order valence-corrected chi connectivity index (χ1v) is 8.20.